The lowest BCUT2D eigenvalue weighted by Crippen LogP contribution is -2.53. The Morgan fingerprint density at radius 3 is 3.05 bits per heavy atom. The molecule has 6 heteroatoms. The van der Waals surface area contributed by atoms with Gasteiger partial charge in [-0.15, -0.1) is 0 Å². The number of rotatable bonds is 3. The molecule has 2 heterocycles. The molecule has 0 spiro atoms. The van der Waals surface area contributed by atoms with Gasteiger partial charge in [-0.1, -0.05) is 6.42 Å². The summed E-state index contributed by atoms with van der Waals surface area (Å²) in [4.78, 5) is 14.6. The molecule has 1 saturated heterocycles. The van der Waals surface area contributed by atoms with E-state index in [4.69, 9.17) is 25.5 Å². The number of nitrogens with zero attached hydrogens (tertiary/aromatic N) is 1. The lowest BCUT2D eigenvalue weighted by Gasteiger charge is -2.40. The minimum absolute atomic E-state index is 0.0460. The molecule has 5 nitrogen and oxygen atoms in total. The van der Waals surface area contributed by atoms with Crippen LogP contribution in [-0.4, -0.2) is 49.8 Å². The number of halogens is 1. The van der Waals surface area contributed by atoms with Gasteiger partial charge in [0.05, 0.1) is 37.2 Å². The summed E-state index contributed by atoms with van der Waals surface area (Å²) in [5.74, 6) is 0.244. The quantitative estimate of drug-likeness (QED) is 0.860. The maximum absolute atomic E-state index is 12.7. The zero-order valence-electron chi connectivity index (χ0n) is 12.1. The first-order valence-electron chi connectivity index (χ1n) is 7.37. The fraction of sp³-hybridized carbons (Fsp3) is 0.667. The van der Waals surface area contributed by atoms with Gasteiger partial charge in [0, 0.05) is 19.6 Å². The van der Waals surface area contributed by atoms with E-state index in [1.165, 1.54) is 6.26 Å². The highest BCUT2D eigenvalue weighted by molar-refractivity contribution is 6.32. The van der Waals surface area contributed by atoms with Crippen LogP contribution in [-0.2, 0) is 9.47 Å². The molecule has 1 aromatic heterocycles. The molecule has 21 heavy (non-hydrogen) atoms. The second-order valence-corrected chi connectivity index (χ2v) is 5.96. The fourth-order valence-corrected chi connectivity index (χ4v) is 3.71. The van der Waals surface area contributed by atoms with E-state index in [0.29, 0.717) is 31.2 Å². The molecule has 3 rings (SSSR count). The van der Waals surface area contributed by atoms with Gasteiger partial charge in [0.1, 0.15) is 0 Å². The summed E-state index contributed by atoms with van der Waals surface area (Å²) in [6, 6.07) is 1.67. The maximum Gasteiger partial charge on any atom is 0.259 e. The maximum atomic E-state index is 12.7. The Morgan fingerprint density at radius 1 is 1.48 bits per heavy atom. The van der Waals surface area contributed by atoms with Crippen molar-refractivity contribution in [1.29, 1.82) is 0 Å². The number of ether oxygens (including phenoxy) is 2. The van der Waals surface area contributed by atoms with Gasteiger partial charge in [-0.25, -0.2) is 0 Å². The molecular weight excluding hydrogens is 294 g/mol. The summed E-state index contributed by atoms with van der Waals surface area (Å²) in [7, 11) is 1.74. The Labute approximate surface area is 129 Å². The first-order chi connectivity index (χ1) is 10.2. The van der Waals surface area contributed by atoms with Gasteiger partial charge in [0.2, 0.25) is 5.22 Å². The van der Waals surface area contributed by atoms with Crippen LogP contribution < -0.4 is 0 Å². The zero-order valence-corrected chi connectivity index (χ0v) is 12.8. The molecule has 116 valence electrons. The van der Waals surface area contributed by atoms with Crippen LogP contribution in [0.25, 0.3) is 0 Å². The summed E-state index contributed by atoms with van der Waals surface area (Å²) in [6.45, 7) is 1.70. The Hall–Kier alpha value is -1.04. The smallest absolute Gasteiger partial charge is 0.259 e. The van der Waals surface area contributed by atoms with E-state index >= 15 is 0 Å². The number of carbonyl (C=O) groups is 1. The van der Waals surface area contributed by atoms with Crippen molar-refractivity contribution >= 4 is 17.5 Å². The number of methoxy groups -OCH3 is 1. The van der Waals surface area contributed by atoms with Crippen molar-refractivity contribution in [2.75, 3.05) is 26.9 Å². The van der Waals surface area contributed by atoms with Gasteiger partial charge < -0.3 is 18.8 Å². The number of carbonyl (C=O) groups excluding carboxylic acids is 1. The molecule has 2 fully saturated rings. The van der Waals surface area contributed by atoms with Crippen LogP contribution in [0.2, 0.25) is 5.22 Å². The normalized spacial score (nSPS) is 29.8. The van der Waals surface area contributed by atoms with Gasteiger partial charge in [-0.05, 0) is 30.5 Å². The SMILES string of the molecule is CO[C@@H]1CCC[C@@H]1[C@@H]1COCCN1C(=O)c1ccoc1Cl. The summed E-state index contributed by atoms with van der Waals surface area (Å²) in [6.07, 6.45) is 4.89. The van der Waals surface area contributed by atoms with Crippen LogP contribution in [0.15, 0.2) is 16.7 Å². The van der Waals surface area contributed by atoms with Crippen LogP contribution in [0.4, 0.5) is 0 Å². The Balaban J connectivity index is 1.81. The molecule has 3 atom stereocenters. The third kappa shape index (κ3) is 2.82. The second kappa shape index (κ2) is 6.38. The summed E-state index contributed by atoms with van der Waals surface area (Å²) < 4.78 is 16.2. The topological polar surface area (TPSA) is 51.9 Å². The first-order valence-corrected chi connectivity index (χ1v) is 7.74. The van der Waals surface area contributed by atoms with Crippen molar-refractivity contribution in [1.82, 2.24) is 4.90 Å². The summed E-state index contributed by atoms with van der Waals surface area (Å²) >= 11 is 5.95. The predicted octanol–water partition coefficient (Wildman–Crippen LogP) is 2.59. The molecule has 0 aromatic carbocycles. The van der Waals surface area contributed by atoms with E-state index in [0.717, 1.165) is 19.3 Å². The Morgan fingerprint density at radius 2 is 2.33 bits per heavy atom. The number of morpholine rings is 1. The molecule has 0 unspecified atom stereocenters. The third-order valence-electron chi connectivity index (χ3n) is 4.58. The number of furan rings is 1. The molecule has 0 bridgehead atoms. The van der Waals surface area contributed by atoms with Crippen molar-refractivity contribution in [2.24, 2.45) is 5.92 Å². The monoisotopic (exact) mass is 313 g/mol. The lowest BCUT2D eigenvalue weighted by molar-refractivity contribution is -0.0460. The average molecular weight is 314 g/mol. The molecular formula is C15H20ClNO4. The van der Waals surface area contributed by atoms with Crippen molar-refractivity contribution in [3.05, 3.63) is 23.1 Å². The van der Waals surface area contributed by atoms with E-state index in [2.05, 4.69) is 0 Å². The van der Waals surface area contributed by atoms with Crippen molar-refractivity contribution in [3.8, 4) is 0 Å². The lowest BCUT2D eigenvalue weighted by atomic mass is 9.93. The zero-order chi connectivity index (χ0) is 14.8. The van der Waals surface area contributed by atoms with Crippen molar-refractivity contribution in [3.63, 3.8) is 0 Å². The molecule has 1 aliphatic carbocycles. The molecule has 2 aliphatic rings. The van der Waals surface area contributed by atoms with E-state index in [1.54, 1.807) is 13.2 Å². The molecule has 0 radical (unpaired) electrons. The van der Waals surface area contributed by atoms with Crippen LogP contribution in [0.5, 0.6) is 0 Å². The first kappa shape index (κ1) is 14.9. The Bertz CT molecular complexity index is 504. The van der Waals surface area contributed by atoms with Gasteiger partial charge in [0.25, 0.3) is 5.91 Å². The second-order valence-electron chi connectivity index (χ2n) is 5.62. The van der Waals surface area contributed by atoms with Crippen molar-refractivity contribution < 1.29 is 18.7 Å². The van der Waals surface area contributed by atoms with E-state index in [1.807, 2.05) is 4.90 Å². The molecule has 1 aliphatic heterocycles. The largest absolute Gasteiger partial charge is 0.452 e. The highest BCUT2D eigenvalue weighted by Crippen LogP contribution is 2.35. The molecule has 1 saturated carbocycles. The minimum Gasteiger partial charge on any atom is -0.452 e. The minimum atomic E-state index is -0.0798. The summed E-state index contributed by atoms with van der Waals surface area (Å²) in [5, 5.41) is 0.153. The highest BCUT2D eigenvalue weighted by atomic mass is 35.5. The molecule has 1 aromatic rings. The standard InChI is InChI=1S/C15H20ClNO4/c1-19-13-4-2-3-10(13)12-9-20-8-6-17(12)15(18)11-5-7-21-14(11)16/h5,7,10,12-13H,2-4,6,8-9H2,1H3/t10-,12+,13-/m1/s1. The number of hydrogen-bond donors (Lipinski definition) is 0. The van der Waals surface area contributed by atoms with Gasteiger partial charge in [-0.3, -0.25) is 4.79 Å². The van der Waals surface area contributed by atoms with Crippen molar-refractivity contribution in [2.45, 2.75) is 31.4 Å². The fourth-order valence-electron chi connectivity index (χ4n) is 3.52. The van der Waals surface area contributed by atoms with Crippen LogP contribution in [0.1, 0.15) is 29.6 Å². The van der Waals surface area contributed by atoms with E-state index < -0.39 is 0 Å². The van der Waals surface area contributed by atoms with Gasteiger partial charge in [-0.2, -0.15) is 0 Å². The average Bonchev–Trinajstić information content (AvgIpc) is 3.14. The van der Waals surface area contributed by atoms with E-state index in [-0.39, 0.29) is 23.3 Å². The van der Waals surface area contributed by atoms with Gasteiger partial charge >= 0.3 is 0 Å². The highest BCUT2D eigenvalue weighted by Gasteiger charge is 2.41. The van der Waals surface area contributed by atoms with E-state index in [9.17, 15) is 4.79 Å². The number of amides is 1. The molecule has 1 amide bonds. The van der Waals surface area contributed by atoms with Crippen LogP contribution in [0.3, 0.4) is 0 Å². The number of hydrogen-bond acceptors (Lipinski definition) is 4. The van der Waals surface area contributed by atoms with Crippen LogP contribution in [0, 0.1) is 5.92 Å². The van der Waals surface area contributed by atoms with Gasteiger partial charge in [0.15, 0.2) is 0 Å². The van der Waals surface area contributed by atoms with Crippen LogP contribution >= 0.6 is 11.6 Å². The third-order valence-corrected chi connectivity index (χ3v) is 4.87. The molecule has 0 N–H and O–H groups in total. The summed E-state index contributed by atoms with van der Waals surface area (Å²) in [5.41, 5.74) is 0.426. The Kier molecular flexibility index (Phi) is 4.52. The predicted molar refractivity (Wildman–Crippen MR) is 77.5 cm³/mol.